The van der Waals surface area contributed by atoms with E-state index < -0.39 is 0 Å². The number of methoxy groups -OCH3 is 1. The van der Waals surface area contributed by atoms with Crippen molar-refractivity contribution in [3.8, 4) is 11.5 Å². The van der Waals surface area contributed by atoms with Crippen LogP contribution in [0.25, 0.3) is 0 Å². The molecule has 1 aromatic rings. The molecule has 1 N–H and O–H groups in total. The summed E-state index contributed by atoms with van der Waals surface area (Å²) in [6.45, 7) is 0.351. The molecule has 1 rings (SSSR count). The van der Waals surface area contributed by atoms with Crippen LogP contribution in [-0.4, -0.2) is 36.0 Å². The Balaban J connectivity index is 2.69. The van der Waals surface area contributed by atoms with E-state index in [0.717, 1.165) is 0 Å². The lowest BCUT2D eigenvalue weighted by molar-refractivity contribution is -0.130. The zero-order valence-electron chi connectivity index (χ0n) is 10.6. The van der Waals surface area contributed by atoms with Gasteiger partial charge in [0.25, 0.3) is 0 Å². The molecule has 0 radical (unpaired) electrons. The van der Waals surface area contributed by atoms with Crippen molar-refractivity contribution in [2.24, 2.45) is 0 Å². The lowest BCUT2D eigenvalue weighted by Gasteiger charge is -2.18. The maximum atomic E-state index is 11.7. The topological polar surface area (TPSA) is 49.8 Å². The third-order valence-corrected chi connectivity index (χ3v) is 2.93. The average molecular weight is 272 g/mol. The highest BCUT2D eigenvalue weighted by Gasteiger charge is 2.13. The zero-order valence-corrected chi connectivity index (χ0v) is 11.4. The molecular formula is C13H18ClNO3. The van der Waals surface area contributed by atoms with Crippen LogP contribution in [0, 0.1) is 0 Å². The fraction of sp³-hybridized carbons (Fsp3) is 0.462. The molecule has 0 aliphatic heterocycles. The molecule has 0 aliphatic carbocycles. The van der Waals surface area contributed by atoms with E-state index in [1.807, 2.05) is 0 Å². The zero-order chi connectivity index (χ0) is 13.5. The standard InChI is InChI=1S/C13H18ClNO3/c1-15(12(16)7-4-8-14)9-10-5-3-6-11(18-2)13(10)17/h3,5-6,17H,4,7-9H2,1-2H3. The monoisotopic (exact) mass is 271 g/mol. The second-order valence-electron chi connectivity index (χ2n) is 4.01. The van der Waals surface area contributed by atoms with Crippen LogP contribution in [0.15, 0.2) is 18.2 Å². The third-order valence-electron chi connectivity index (χ3n) is 2.66. The van der Waals surface area contributed by atoms with Gasteiger partial charge in [0.15, 0.2) is 11.5 Å². The summed E-state index contributed by atoms with van der Waals surface area (Å²) >= 11 is 5.55. The molecule has 0 atom stereocenters. The Morgan fingerprint density at radius 3 is 2.83 bits per heavy atom. The Hall–Kier alpha value is -1.42. The summed E-state index contributed by atoms with van der Waals surface area (Å²) in [6.07, 6.45) is 1.08. The van der Waals surface area contributed by atoms with Crippen LogP contribution in [-0.2, 0) is 11.3 Å². The highest BCUT2D eigenvalue weighted by Crippen LogP contribution is 2.30. The summed E-state index contributed by atoms with van der Waals surface area (Å²) in [7, 11) is 3.20. The summed E-state index contributed by atoms with van der Waals surface area (Å²) in [5.41, 5.74) is 0.663. The van der Waals surface area contributed by atoms with Crippen molar-refractivity contribution in [1.29, 1.82) is 0 Å². The fourth-order valence-electron chi connectivity index (χ4n) is 1.61. The normalized spacial score (nSPS) is 10.2. The van der Waals surface area contributed by atoms with Crippen molar-refractivity contribution in [3.63, 3.8) is 0 Å². The van der Waals surface area contributed by atoms with Gasteiger partial charge in [-0.25, -0.2) is 0 Å². The van der Waals surface area contributed by atoms with Gasteiger partial charge >= 0.3 is 0 Å². The number of hydrogen-bond donors (Lipinski definition) is 1. The van der Waals surface area contributed by atoms with Crippen LogP contribution < -0.4 is 4.74 Å². The number of amides is 1. The second-order valence-corrected chi connectivity index (χ2v) is 4.39. The van der Waals surface area contributed by atoms with E-state index in [4.69, 9.17) is 16.3 Å². The van der Waals surface area contributed by atoms with Gasteiger partial charge in [0.1, 0.15) is 0 Å². The van der Waals surface area contributed by atoms with E-state index in [-0.39, 0.29) is 11.7 Å². The van der Waals surface area contributed by atoms with Crippen LogP contribution in [0.4, 0.5) is 0 Å². The third kappa shape index (κ3) is 3.81. The molecule has 5 heteroatoms. The largest absolute Gasteiger partial charge is 0.504 e. The number of benzene rings is 1. The van der Waals surface area contributed by atoms with Crippen LogP contribution >= 0.6 is 11.6 Å². The summed E-state index contributed by atoms with van der Waals surface area (Å²) < 4.78 is 5.02. The molecular weight excluding hydrogens is 254 g/mol. The van der Waals surface area contributed by atoms with Gasteiger partial charge in [0, 0.05) is 31.5 Å². The van der Waals surface area contributed by atoms with Crippen molar-refractivity contribution in [3.05, 3.63) is 23.8 Å². The highest BCUT2D eigenvalue weighted by molar-refractivity contribution is 6.17. The molecule has 100 valence electrons. The molecule has 1 amide bonds. The SMILES string of the molecule is COc1cccc(CN(C)C(=O)CCCCl)c1O. The van der Waals surface area contributed by atoms with E-state index in [9.17, 15) is 9.90 Å². The first-order chi connectivity index (χ1) is 8.60. The molecule has 0 heterocycles. The van der Waals surface area contributed by atoms with Crippen molar-refractivity contribution in [2.75, 3.05) is 20.0 Å². The van der Waals surface area contributed by atoms with Crippen molar-refractivity contribution in [2.45, 2.75) is 19.4 Å². The molecule has 0 aromatic heterocycles. The Kier molecular flexibility index (Phi) is 5.78. The molecule has 0 unspecified atom stereocenters. The number of rotatable bonds is 6. The number of ether oxygens (including phenoxy) is 1. The molecule has 0 spiro atoms. The van der Waals surface area contributed by atoms with Crippen LogP contribution in [0.2, 0.25) is 0 Å². The van der Waals surface area contributed by atoms with E-state index in [0.29, 0.717) is 36.6 Å². The summed E-state index contributed by atoms with van der Waals surface area (Å²) in [5, 5.41) is 9.91. The number of phenols is 1. The molecule has 1 aromatic carbocycles. The Morgan fingerprint density at radius 1 is 1.50 bits per heavy atom. The van der Waals surface area contributed by atoms with Crippen molar-refractivity contribution >= 4 is 17.5 Å². The molecule has 0 bridgehead atoms. The number of carbonyl (C=O) groups excluding carboxylic acids is 1. The van der Waals surface area contributed by atoms with Gasteiger partial charge in [-0.05, 0) is 12.5 Å². The van der Waals surface area contributed by atoms with Crippen molar-refractivity contribution in [1.82, 2.24) is 4.90 Å². The Morgan fingerprint density at radius 2 is 2.22 bits per heavy atom. The second kappa shape index (κ2) is 7.11. The number of para-hydroxylation sites is 1. The first kappa shape index (κ1) is 14.6. The van der Waals surface area contributed by atoms with Crippen LogP contribution in [0.5, 0.6) is 11.5 Å². The van der Waals surface area contributed by atoms with Gasteiger partial charge in [-0.15, -0.1) is 11.6 Å². The molecule has 0 aliphatic rings. The van der Waals surface area contributed by atoms with E-state index in [2.05, 4.69) is 0 Å². The van der Waals surface area contributed by atoms with Gasteiger partial charge in [-0.2, -0.15) is 0 Å². The summed E-state index contributed by atoms with van der Waals surface area (Å²) in [4.78, 5) is 13.3. The average Bonchev–Trinajstić information content (AvgIpc) is 2.38. The lowest BCUT2D eigenvalue weighted by atomic mass is 10.1. The molecule has 0 saturated heterocycles. The van der Waals surface area contributed by atoms with Gasteiger partial charge in [0.05, 0.1) is 7.11 Å². The van der Waals surface area contributed by atoms with Crippen LogP contribution in [0.1, 0.15) is 18.4 Å². The van der Waals surface area contributed by atoms with Gasteiger partial charge < -0.3 is 14.7 Å². The molecule has 0 saturated carbocycles. The van der Waals surface area contributed by atoms with E-state index in [1.54, 1.807) is 30.1 Å². The molecule has 18 heavy (non-hydrogen) atoms. The van der Waals surface area contributed by atoms with E-state index in [1.165, 1.54) is 7.11 Å². The number of carbonyl (C=O) groups is 1. The summed E-state index contributed by atoms with van der Waals surface area (Å²) in [5.74, 6) is 0.980. The number of alkyl halides is 1. The Bertz CT molecular complexity index is 409. The number of nitrogens with zero attached hydrogens (tertiary/aromatic N) is 1. The number of hydrogen-bond acceptors (Lipinski definition) is 3. The minimum atomic E-state index is 0.0119. The predicted molar refractivity (Wildman–Crippen MR) is 71.1 cm³/mol. The molecule has 0 fully saturated rings. The number of phenolic OH excluding ortho intramolecular Hbond substituents is 1. The smallest absolute Gasteiger partial charge is 0.222 e. The minimum absolute atomic E-state index is 0.0119. The maximum Gasteiger partial charge on any atom is 0.222 e. The quantitative estimate of drug-likeness (QED) is 0.808. The fourth-order valence-corrected chi connectivity index (χ4v) is 1.75. The van der Waals surface area contributed by atoms with Gasteiger partial charge in [0.2, 0.25) is 5.91 Å². The van der Waals surface area contributed by atoms with E-state index >= 15 is 0 Å². The van der Waals surface area contributed by atoms with Gasteiger partial charge in [-0.3, -0.25) is 4.79 Å². The number of halogens is 1. The highest BCUT2D eigenvalue weighted by atomic mass is 35.5. The van der Waals surface area contributed by atoms with Crippen LogP contribution in [0.3, 0.4) is 0 Å². The number of aromatic hydroxyl groups is 1. The lowest BCUT2D eigenvalue weighted by Crippen LogP contribution is -2.26. The summed E-state index contributed by atoms with van der Waals surface area (Å²) in [6, 6.07) is 5.22. The first-order valence-corrected chi connectivity index (χ1v) is 6.28. The minimum Gasteiger partial charge on any atom is -0.504 e. The molecule has 4 nitrogen and oxygen atoms in total. The predicted octanol–water partition coefficient (Wildman–Crippen LogP) is 2.38. The first-order valence-electron chi connectivity index (χ1n) is 5.75. The van der Waals surface area contributed by atoms with Crippen molar-refractivity contribution < 1.29 is 14.6 Å². The maximum absolute atomic E-state index is 11.7. The van der Waals surface area contributed by atoms with Gasteiger partial charge in [-0.1, -0.05) is 12.1 Å². The Labute approximate surface area is 112 Å².